The molecule has 0 fully saturated rings. The van der Waals surface area contributed by atoms with E-state index >= 15 is 0 Å². The first-order chi connectivity index (χ1) is 7.50. The number of hydrazone groups is 1. The number of benzene rings is 1. The summed E-state index contributed by atoms with van der Waals surface area (Å²) in [6, 6.07) is 3.77. The lowest BCUT2D eigenvalue weighted by atomic mass is 10.1. The van der Waals surface area contributed by atoms with E-state index in [1.54, 1.807) is 0 Å². The van der Waals surface area contributed by atoms with Gasteiger partial charge >= 0.3 is 0 Å². The third-order valence-corrected chi connectivity index (χ3v) is 1.75. The molecule has 1 rings (SSSR count). The summed E-state index contributed by atoms with van der Waals surface area (Å²) in [4.78, 5) is 11.5. The summed E-state index contributed by atoms with van der Waals surface area (Å²) in [5.41, 5.74) is 12.7. The molecule has 0 saturated carbocycles. The Morgan fingerprint density at radius 2 is 2.00 bits per heavy atom. The Balaban J connectivity index is 2.66. The molecule has 7 heteroatoms. The summed E-state index contributed by atoms with van der Waals surface area (Å²) in [6.45, 7) is -0.109. The number of phenolic OH excluding ortho intramolecular Hbond substituents is 2. The Kier molecular flexibility index (Phi) is 3.54. The molecule has 86 valence electrons. The monoisotopic (exact) mass is 224 g/mol. The van der Waals surface area contributed by atoms with E-state index in [9.17, 15) is 9.90 Å². The SMILES string of the molecule is NC(N)=NNCC(=O)c1ccc(O)c(O)c1. The third-order valence-electron chi connectivity index (χ3n) is 1.75. The highest BCUT2D eigenvalue weighted by Crippen LogP contribution is 2.24. The maximum Gasteiger partial charge on any atom is 0.208 e. The van der Waals surface area contributed by atoms with Crippen LogP contribution in [0.3, 0.4) is 0 Å². The summed E-state index contributed by atoms with van der Waals surface area (Å²) in [5.74, 6) is -1.14. The number of aromatic hydroxyl groups is 2. The fourth-order valence-corrected chi connectivity index (χ4v) is 1.00. The van der Waals surface area contributed by atoms with E-state index in [2.05, 4.69) is 10.5 Å². The minimum atomic E-state index is -0.354. The standard InChI is InChI=1S/C9H12N4O3/c10-9(11)13-12-4-8(16)5-1-2-6(14)7(15)3-5/h1-3,12,14-15H,4H2,(H4,10,11,13). The number of hydrogen-bond acceptors (Lipinski definition) is 5. The van der Waals surface area contributed by atoms with Crippen LogP contribution in [0.25, 0.3) is 0 Å². The van der Waals surface area contributed by atoms with Crippen LogP contribution in [0.4, 0.5) is 0 Å². The maximum absolute atomic E-state index is 11.5. The van der Waals surface area contributed by atoms with Gasteiger partial charge < -0.3 is 21.7 Å². The molecule has 7 N–H and O–H groups in total. The average molecular weight is 224 g/mol. The second-order valence-corrected chi connectivity index (χ2v) is 3.00. The maximum atomic E-state index is 11.5. The number of ketones is 1. The molecular formula is C9H12N4O3. The van der Waals surface area contributed by atoms with Crippen molar-refractivity contribution in [3.63, 3.8) is 0 Å². The van der Waals surface area contributed by atoms with Crippen LogP contribution >= 0.6 is 0 Å². The van der Waals surface area contributed by atoms with Gasteiger partial charge in [-0.15, -0.1) is 5.10 Å². The van der Waals surface area contributed by atoms with Crippen molar-refractivity contribution in [2.45, 2.75) is 0 Å². The smallest absolute Gasteiger partial charge is 0.208 e. The Morgan fingerprint density at radius 3 is 2.56 bits per heavy atom. The zero-order chi connectivity index (χ0) is 12.1. The zero-order valence-electron chi connectivity index (χ0n) is 8.34. The Bertz CT molecular complexity index is 427. The van der Waals surface area contributed by atoms with Gasteiger partial charge in [-0.1, -0.05) is 0 Å². The molecule has 0 heterocycles. The quantitative estimate of drug-likeness (QED) is 0.147. The number of carbonyl (C=O) groups is 1. The van der Waals surface area contributed by atoms with E-state index in [0.717, 1.165) is 6.07 Å². The lowest BCUT2D eigenvalue weighted by Gasteiger charge is -2.03. The minimum absolute atomic E-state index is 0.109. The van der Waals surface area contributed by atoms with Gasteiger partial charge in [0.1, 0.15) is 0 Å². The summed E-state index contributed by atoms with van der Waals surface area (Å²) in [7, 11) is 0. The first-order valence-electron chi connectivity index (χ1n) is 4.37. The second kappa shape index (κ2) is 4.87. The van der Waals surface area contributed by atoms with Crippen LogP contribution in [0.1, 0.15) is 10.4 Å². The third kappa shape index (κ3) is 3.05. The Morgan fingerprint density at radius 1 is 1.31 bits per heavy atom. The van der Waals surface area contributed by atoms with E-state index in [1.165, 1.54) is 12.1 Å². The molecule has 0 bridgehead atoms. The topological polar surface area (TPSA) is 134 Å². The van der Waals surface area contributed by atoms with Crippen LogP contribution in [0.2, 0.25) is 0 Å². The fraction of sp³-hybridized carbons (Fsp3) is 0.111. The molecule has 0 aliphatic rings. The minimum Gasteiger partial charge on any atom is -0.504 e. The van der Waals surface area contributed by atoms with Crippen molar-refractivity contribution in [2.75, 3.05) is 6.54 Å². The molecule has 0 saturated heterocycles. The molecule has 1 aromatic carbocycles. The normalized spacial score (nSPS) is 9.50. The van der Waals surface area contributed by atoms with E-state index in [-0.39, 0.29) is 35.4 Å². The molecule has 0 amide bonds. The molecule has 0 radical (unpaired) electrons. The average Bonchev–Trinajstić information content (AvgIpc) is 2.21. The van der Waals surface area contributed by atoms with Crippen molar-refractivity contribution in [1.29, 1.82) is 0 Å². The summed E-state index contributed by atoms with van der Waals surface area (Å²) in [5, 5.41) is 21.6. The number of phenols is 2. The molecule has 0 unspecified atom stereocenters. The number of Topliss-reactive ketones (excluding diaryl/α,β-unsaturated/α-hetero) is 1. The van der Waals surface area contributed by atoms with Gasteiger partial charge in [-0.3, -0.25) is 10.2 Å². The van der Waals surface area contributed by atoms with Crippen molar-refractivity contribution in [1.82, 2.24) is 5.43 Å². The van der Waals surface area contributed by atoms with Crippen molar-refractivity contribution >= 4 is 11.7 Å². The largest absolute Gasteiger partial charge is 0.504 e. The molecule has 0 aliphatic heterocycles. The molecule has 0 aromatic heterocycles. The molecule has 0 aliphatic carbocycles. The number of carbonyl (C=O) groups excluding carboxylic acids is 1. The Labute approximate surface area is 91.4 Å². The van der Waals surface area contributed by atoms with Crippen LogP contribution in [0.15, 0.2) is 23.3 Å². The van der Waals surface area contributed by atoms with E-state index in [1.807, 2.05) is 0 Å². The van der Waals surface area contributed by atoms with E-state index in [4.69, 9.17) is 16.6 Å². The lowest BCUT2D eigenvalue weighted by Crippen LogP contribution is -2.28. The highest BCUT2D eigenvalue weighted by molar-refractivity contribution is 5.98. The Hall–Kier alpha value is -2.44. The van der Waals surface area contributed by atoms with Gasteiger partial charge in [-0.2, -0.15) is 0 Å². The molecular weight excluding hydrogens is 212 g/mol. The molecule has 0 atom stereocenters. The first-order valence-corrected chi connectivity index (χ1v) is 4.37. The number of nitrogens with one attached hydrogen (secondary N) is 1. The number of hydrogen-bond donors (Lipinski definition) is 5. The van der Waals surface area contributed by atoms with Crippen LogP contribution in [0, 0.1) is 0 Å². The zero-order valence-corrected chi connectivity index (χ0v) is 8.34. The van der Waals surface area contributed by atoms with Gasteiger partial charge in [-0.25, -0.2) is 0 Å². The second-order valence-electron chi connectivity index (χ2n) is 3.00. The van der Waals surface area contributed by atoms with Crippen LogP contribution < -0.4 is 16.9 Å². The van der Waals surface area contributed by atoms with Crippen molar-refractivity contribution in [3.8, 4) is 11.5 Å². The van der Waals surface area contributed by atoms with Gasteiger partial charge in [0.05, 0.1) is 6.54 Å². The van der Waals surface area contributed by atoms with Gasteiger partial charge in [-0.05, 0) is 18.2 Å². The number of guanidine groups is 1. The van der Waals surface area contributed by atoms with Gasteiger partial charge in [0.25, 0.3) is 0 Å². The van der Waals surface area contributed by atoms with Crippen LogP contribution in [-0.4, -0.2) is 28.5 Å². The molecule has 7 nitrogen and oxygen atoms in total. The lowest BCUT2D eigenvalue weighted by molar-refractivity contribution is 0.0991. The number of nitrogens with two attached hydrogens (primary N) is 2. The van der Waals surface area contributed by atoms with Crippen molar-refractivity contribution in [3.05, 3.63) is 23.8 Å². The summed E-state index contributed by atoms with van der Waals surface area (Å²) >= 11 is 0. The summed E-state index contributed by atoms with van der Waals surface area (Å²) < 4.78 is 0. The van der Waals surface area contributed by atoms with Crippen molar-refractivity contribution in [2.24, 2.45) is 16.6 Å². The first kappa shape index (κ1) is 11.6. The number of rotatable bonds is 4. The van der Waals surface area contributed by atoms with Gasteiger partial charge in [0.15, 0.2) is 17.3 Å². The number of nitrogens with zero attached hydrogens (tertiary/aromatic N) is 1. The van der Waals surface area contributed by atoms with Crippen LogP contribution in [0.5, 0.6) is 11.5 Å². The predicted molar refractivity (Wildman–Crippen MR) is 57.9 cm³/mol. The molecule has 0 spiro atoms. The predicted octanol–water partition coefficient (Wildman–Crippen LogP) is -0.941. The van der Waals surface area contributed by atoms with Crippen molar-refractivity contribution < 1.29 is 15.0 Å². The highest BCUT2D eigenvalue weighted by atomic mass is 16.3. The van der Waals surface area contributed by atoms with Crippen LogP contribution in [-0.2, 0) is 0 Å². The van der Waals surface area contributed by atoms with E-state index < -0.39 is 0 Å². The molecule has 16 heavy (non-hydrogen) atoms. The van der Waals surface area contributed by atoms with Gasteiger partial charge in [0, 0.05) is 5.56 Å². The highest BCUT2D eigenvalue weighted by Gasteiger charge is 2.08. The van der Waals surface area contributed by atoms with E-state index in [0.29, 0.717) is 0 Å². The fourth-order valence-electron chi connectivity index (χ4n) is 1.00. The summed E-state index contributed by atoms with van der Waals surface area (Å²) in [6.07, 6.45) is 0. The van der Waals surface area contributed by atoms with Gasteiger partial charge in [0.2, 0.25) is 5.96 Å². The molecule has 1 aromatic rings.